The molecular formula is C27H38N2O7S2Si. The average Bonchev–Trinajstić information content (AvgIpc) is 3.18. The first-order chi connectivity index (χ1) is 18.1. The van der Waals surface area contributed by atoms with E-state index in [1.54, 1.807) is 50.2 Å². The molecule has 0 aliphatic carbocycles. The van der Waals surface area contributed by atoms with E-state index < -0.39 is 28.2 Å². The SMILES string of the molecule is CCc1cc(COS(C)(=O)=O)ccc1-c1ccccc1S(=O)(=O)N(COCC[Si](C)(C)C)c1onc(C)c1C. The van der Waals surface area contributed by atoms with Gasteiger partial charge in [-0.05, 0) is 49.1 Å². The fourth-order valence-electron chi connectivity index (χ4n) is 3.90. The van der Waals surface area contributed by atoms with E-state index in [1.165, 1.54) is 0 Å². The Morgan fingerprint density at radius 2 is 1.69 bits per heavy atom. The lowest BCUT2D eigenvalue weighted by Crippen LogP contribution is -2.34. The number of hydrogen-bond acceptors (Lipinski definition) is 8. The molecule has 1 heterocycles. The second-order valence-electron chi connectivity index (χ2n) is 10.7. The van der Waals surface area contributed by atoms with Crippen LogP contribution in [0.15, 0.2) is 51.9 Å². The normalized spacial score (nSPS) is 12.6. The van der Waals surface area contributed by atoms with Crippen LogP contribution >= 0.6 is 0 Å². The van der Waals surface area contributed by atoms with Gasteiger partial charge in [0.2, 0.25) is 5.88 Å². The van der Waals surface area contributed by atoms with Gasteiger partial charge in [-0.3, -0.25) is 4.18 Å². The molecule has 0 aliphatic heterocycles. The smallest absolute Gasteiger partial charge is 0.269 e. The Kier molecular flexibility index (Phi) is 9.81. The largest absolute Gasteiger partial charge is 0.360 e. The van der Waals surface area contributed by atoms with E-state index in [2.05, 4.69) is 24.8 Å². The van der Waals surface area contributed by atoms with Crippen LogP contribution < -0.4 is 4.31 Å². The van der Waals surface area contributed by atoms with E-state index >= 15 is 0 Å². The molecule has 0 atom stereocenters. The van der Waals surface area contributed by atoms with Gasteiger partial charge in [-0.2, -0.15) is 8.42 Å². The Hall–Kier alpha value is -2.51. The first-order valence-corrected chi connectivity index (χ1v) is 19.7. The Morgan fingerprint density at radius 3 is 2.28 bits per heavy atom. The number of hydrogen-bond donors (Lipinski definition) is 0. The fraction of sp³-hybridized carbons (Fsp3) is 0.444. The number of aromatic nitrogens is 1. The maximum Gasteiger partial charge on any atom is 0.269 e. The van der Waals surface area contributed by atoms with Gasteiger partial charge in [-0.1, -0.05) is 68.1 Å². The molecule has 0 bridgehead atoms. The summed E-state index contributed by atoms with van der Waals surface area (Å²) in [6, 6.07) is 13.1. The van der Waals surface area contributed by atoms with E-state index in [-0.39, 0.29) is 24.1 Å². The third kappa shape index (κ3) is 8.01. The molecule has 0 amide bonds. The molecule has 0 spiro atoms. The van der Waals surface area contributed by atoms with Crippen molar-refractivity contribution in [2.75, 3.05) is 23.9 Å². The third-order valence-electron chi connectivity index (χ3n) is 6.30. The molecule has 9 nitrogen and oxygen atoms in total. The molecular weight excluding hydrogens is 557 g/mol. The maximum absolute atomic E-state index is 14.2. The Balaban J connectivity index is 2.05. The number of aryl methyl sites for hydroxylation is 2. The van der Waals surface area contributed by atoms with Crippen molar-refractivity contribution in [2.24, 2.45) is 0 Å². The van der Waals surface area contributed by atoms with Gasteiger partial charge in [0.05, 0.1) is 23.5 Å². The van der Waals surface area contributed by atoms with Gasteiger partial charge in [-0.15, -0.1) is 0 Å². The molecule has 0 fully saturated rings. The average molecular weight is 595 g/mol. The van der Waals surface area contributed by atoms with Crippen LogP contribution in [0.5, 0.6) is 0 Å². The Morgan fingerprint density at radius 1 is 1.00 bits per heavy atom. The van der Waals surface area contributed by atoms with Crippen LogP contribution in [-0.2, 0) is 42.1 Å². The zero-order valence-electron chi connectivity index (χ0n) is 23.6. The van der Waals surface area contributed by atoms with Gasteiger partial charge in [0, 0.05) is 25.8 Å². The van der Waals surface area contributed by atoms with Crippen LogP contribution in [0.4, 0.5) is 5.88 Å². The highest BCUT2D eigenvalue weighted by Crippen LogP contribution is 2.35. The molecule has 2 aromatic carbocycles. The number of anilines is 1. The molecule has 0 N–H and O–H groups in total. The lowest BCUT2D eigenvalue weighted by atomic mass is 9.96. The summed E-state index contributed by atoms with van der Waals surface area (Å²) < 4.78 is 68.8. The predicted molar refractivity (Wildman–Crippen MR) is 156 cm³/mol. The van der Waals surface area contributed by atoms with Crippen molar-refractivity contribution in [1.29, 1.82) is 0 Å². The molecule has 0 unspecified atom stereocenters. The summed E-state index contributed by atoms with van der Waals surface area (Å²) in [4.78, 5) is 0.0992. The highest BCUT2D eigenvalue weighted by molar-refractivity contribution is 7.93. The van der Waals surface area contributed by atoms with Crippen molar-refractivity contribution >= 4 is 34.1 Å². The molecule has 0 radical (unpaired) electrons. The highest BCUT2D eigenvalue weighted by Gasteiger charge is 2.32. The van der Waals surface area contributed by atoms with Crippen LogP contribution in [0.3, 0.4) is 0 Å². The molecule has 12 heteroatoms. The van der Waals surface area contributed by atoms with Crippen LogP contribution in [0, 0.1) is 13.8 Å². The van der Waals surface area contributed by atoms with E-state index in [9.17, 15) is 16.8 Å². The van der Waals surface area contributed by atoms with Crippen LogP contribution in [0.2, 0.25) is 25.7 Å². The minimum absolute atomic E-state index is 0.0985. The zero-order chi connectivity index (χ0) is 29.0. The van der Waals surface area contributed by atoms with Crippen molar-refractivity contribution in [3.05, 3.63) is 64.8 Å². The first kappa shape index (κ1) is 31.0. The van der Waals surface area contributed by atoms with Gasteiger partial charge >= 0.3 is 0 Å². The first-order valence-electron chi connectivity index (χ1n) is 12.7. The number of sulfonamides is 1. The lowest BCUT2D eigenvalue weighted by molar-refractivity contribution is 0.153. The topological polar surface area (TPSA) is 116 Å². The van der Waals surface area contributed by atoms with E-state index in [0.29, 0.717) is 35.4 Å². The van der Waals surface area contributed by atoms with Crippen LogP contribution in [-0.4, -0.2) is 49.7 Å². The molecule has 0 aliphatic rings. The summed E-state index contributed by atoms with van der Waals surface area (Å²) in [7, 11) is -9.12. The maximum atomic E-state index is 14.2. The quantitative estimate of drug-likeness (QED) is 0.110. The van der Waals surface area contributed by atoms with Crippen molar-refractivity contribution in [3.8, 4) is 11.1 Å². The number of rotatable bonds is 13. The monoisotopic (exact) mass is 594 g/mol. The predicted octanol–water partition coefficient (Wildman–Crippen LogP) is 5.50. The second kappa shape index (κ2) is 12.3. The minimum atomic E-state index is -4.14. The van der Waals surface area contributed by atoms with Gasteiger partial charge in [0.1, 0.15) is 6.73 Å². The summed E-state index contributed by atoms with van der Waals surface area (Å²) in [5, 5.41) is 3.98. The molecule has 0 saturated carbocycles. The Bertz CT molecular complexity index is 1510. The summed E-state index contributed by atoms with van der Waals surface area (Å²) >= 11 is 0. The van der Waals surface area contributed by atoms with Gasteiger partial charge in [0.15, 0.2) is 0 Å². The van der Waals surface area contributed by atoms with Crippen molar-refractivity contribution in [2.45, 2.75) is 64.4 Å². The molecule has 1 aromatic heterocycles. The van der Waals surface area contributed by atoms with Gasteiger partial charge in [0.25, 0.3) is 20.1 Å². The molecule has 3 aromatic rings. The Labute approximate surface area is 233 Å². The second-order valence-corrected chi connectivity index (χ2v) is 19.8. The fourth-order valence-corrected chi connectivity index (χ4v) is 6.55. The van der Waals surface area contributed by atoms with E-state index in [4.69, 9.17) is 13.4 Å². The number of ether oxygens (including phenoxy) is 1. The third-order valence-corrected chi connectivity index (χ3v) is 10.3. The summed E-state index contributed by atoms with van der Waals surface area (Å²) in [5.41, 5.74) is 3.99. The minimum Gasteiger partial charge on any atom is -0.360 e. The van der Waals surface area contributed by atoms with Gasteiger partial charge < -0.3 is 9.26 Å². The number of nitrogens with zero attached hydrogens (tertiary/aromatic N) is 2. The van der Waals surface area contributed by atoms with Crippen molar-refractivity contribution < 1.29 is 30.3 Å². The summed E-state index contributed by atoms with van der Waals surface area (Å²) in [6.45, 7) is 12.3. The summed E-state index contributed by atoms with van der Waals surface area (Å²) in [5.74, 6) is 0.124. The van der Waals surface area contributed by atoms with Crippen molar-refractivity contribution in [1.82, 2.24) is 5.16 Å². The highest BCUT2D eigenvalue weighted by atomic mass is 32.2. The molecule has 39 heavy (non-hydrogen) atoms. The zero-order valence-corrected chi connectivity index (χ0v) is 26.3. The molecule has 0 saturated heterocycles. The van der Waals surface area contributed by atoms with Crippen molar-refractivity contribution in [3.63, 3.8) is 0 Å². The standard InChI is InChI=1S/C27H38N2O7S2Si/c1-8-23-17-22(18-35-37(4,30)31)13-14-24(23)25-11-9-10-12-26(25)38(32,33)29(19-34-15-16-39(5,6)7)27-20(2)21(3)28-36-27/h9-14,17H,8,15-16,18-19H2,1-7H3. The van der Waals surface area contributed by atoms with Crippen LogP contribution in [0.1, 0.15) is 29.3 Å². The summed E-state index contributed by atoms with van der Waals surface area (Å²) in [6.07, 6.45) is 1.60. The molecule has 3 rings (SSSR count). The number of benzene rings is 2. The van der Waals surface area contributed by atoms with E-state index in [1.807, 2.05) is 13.0 Å². The van der Waals surface area contributed by atoms with Crippen LogP contribution in [0.25, 0.3) is 11.1 Å². The lowest BCUT2D eigenvalue weighted by Gasteiger charge is -2.24. The molecule has 214 valence electrons. The van der Waals surface area contributed by atoms with E-state index in [0.717, 1.165) is 27.7 Å². The van der Waals surface area contributed by atoms with Gasteiger partial charge in [-0.25, -0.2) is 12.7 Å².